The third kappa shape index (κ3) is 3.18. The predicted molar refractivity (Wildman–Crippen MR) is 71.1 cm³/mol. The third-order valence-electron chi connectivity index (χ3n) is 3.93. The van der Waals surface area contributed by atoms with Crippen LogP contribution in [0.1, 0.15) is 45.4 Å². The van der Waals surface area contributed by atoms with Crippen molar-refractivity contribution < 1.29 is 0 Å². The van der Waals surface area contributed by atoms with Crippen LogP contribution in [-0.2, 0) is 0 Å². The molecule has 0 saturated heterocycles. The Bertz CT molecular complexity index is 317. The van der Waals surface area contributed by atoms with Crippen LogP contribution in [0.4, 0.5) is 5.95 Å². The van der Waals surface area contributed by atoms with Gasteiger partial charge in [0.15, 0.2) is 0 Å². The van der Waals surface area contributed by atoms with Crippen molar-refractivity contribution in [1.82, 2.24) is 9.97 Å². The van der Waals surface area contributed by atoms with Crippen LogP contribution in [0.2, 0.25) is 0 Å². The summed E-state index contributed by atoms with van der Waals surface area (Å²) >= 11 is 0. The second kappa shape index (κ2) is 5.99. The van der Waals surface area contributed by atoms with E-state index >= 15 is 0 Å². The molecule has 0 unspecified atom stereocenters. The van der Waals surface area contributed by atoms with Crippen LogP contribution < -0.4 is 4.90 Å². The lowest BCUT2D eigenvalue weighted by molar-refractivity contribution is 0.302. The molecule has 0 atom stereocenters. The fourth-order valence-electron chi connectivity index (χ4n) is 2.87. The van der Waals surface area contributed by atoms with Gasteiger partial charge in [-0.05, 0) is 37.7 Å². The third-order valence-corrected chi connectivity index (χ3v) is 3.93. The van der Waals surface area contributed by atoms with Crippen LogP contribution in [0.25, 0.3) is 0 Å². The monoisotopic (exact) mass is 233 g/mol. The van der Waals surface area contributed by atoms with Crippen molar-refractivity contribution in [2.24, 2.45) is 5.92 Å². The van der Waals surface area contributed by atoms with E-state index in [4.69, 9.17) is 0 Å². The van der Waals surface area contributed by atoms with Crippen molar-refractivity contribution >= 4 is 5.95 Å². The highest BCUT2D eigenvalue weighted by Crippen LogP contribution is 2.30. The van der Waals surface area contributed by atoms with Gasteiger partial charge >= 0.3 is 0 Å². The Kier molecular flexibility index (Phi) is 4.35. The zero-order chi connectivity index (χ0) is 12.1. The van der Waals surface area contributed by atoms with E-state index in [9.17, 15) is 0 Å². The van der Waals surface area contributed by atoms with E-state index in [1.807, 2.05) is 18.5 Å². The molecule has 2 rings (SSSR count). The minimum absolute atomic E-state index is 0.630. The lowest BCUT2D eigenvalue weighted by atomic mass is 9.83. The van der Waals surface area contributed by atoms with E-state index in [1.165, 1.54) is 38.5 Å². The molecule has 0 spiro atoms. The number of anilines is 1. The smallest absolute Gasteiger partial charge is 0.225 e. The van der Waals surface area contributed by atoms with Gasteiger partial charge in [0.25, 0.3) is 0 Å². The normalized spacial score (nSPS) is 24.6. The Morgan fingerprint density at radius 3 is 2.41 bits per heavy atom. The topological polar surface area (TPSA) is 29.0 Å². The molecule has 0 bridgehead atoms. The molecule has 3 heteroatoms. The van der Waals surface area contributed by atoms with Crippen LogP contribution in [-0.4, -0.2) is 23.1 Å². The van der Waals surface area contributed by atoms with E-state index in [0.29, 0.717) is 6.04 Å². The lowest BCUT2D eigenvalue weighted by Crippen LogP contribution is -2.36. The minimum Gasteiger partial charge on any atom is -0.341 e. The summed E-state index contributed by atoms with van der Waals surface area (Å²) in [5, 5.41) is 0. The number of hydrogen-bond donors (Lipinski definition) is 0. The molecule has 3 nitrogen and oxygen atoms in total. The second-order valence-corrected chi connectivity index (χ2v) is 5.12. The SMILES string of the molecule is CCCC1CCC(N(C)c2ncccn2)CC1. The molecule has 0 radical (unpaired) electrons. The quantitative estimate of drug-likeness (QED) is 0.799. The van der Waals surface area contributed by atoms with Crippen LogP contribution >= 0.6 is 0 Å². The fraction of sp³-hybridized carbons (Fsp3) is 0.714. The Balaban J connectivity index is 1.88. The summed E-state index contributed by atoms with van der Waals surface area (Å²) < 4.78 is 0. The van der Waals surface area contributed by atoms with Crippen molar-refractivity contribution in [2.75, 3.05) is 11.9 Å². The first kappa shape index (κ1) is 12.3. The largest absolute Gasteiger partial charge is 0.341 e. The second-order valence-electron chi connectivity index (χ2n) is 5.12. The average molecular weight is 233 g/mol. The summed E-state index contributed by atoms with van der Waals surface area (Å²) in [7, 11) is 2.13. The first-order chi connectivity index (χ1) is 8.31. The maximum Gasteiger partial charge on any atom is 0.225 e. The predicted octanol–water partition coefficient (Wildman–Crippen LogP) is 3.27. The molecular weight excluding hydrogens is 210 g/mol. The van der Waals surface area contributed by atoms with E-state index in [1.54, 1.807) is 0 Å². The van der Waals surface area contributed by atoms with Crippen LogP contribution in [0, 0.1) is 5.92 Å². The molecule has 0 N–H and O–H groups in total. The van der Waals surface area contributed by atoms with Crippen LogP contribution in [0.3, 0.4) is 0 Å². The van der Waals surface area contributed by atoms with Gasteiger partial charge in [-0.15, -0.1) is 0 Å². The van der Waals surface area contributed by atoms with Gasteiger partial charge in [0.05, 0.1) is 0 Å². The molecule has 1 aliphatic rings. The summed E-state index contributed by atoms with van der Waals surface area (Å²) in [6, 6.07) is 2.50. The van der Waals surface area contributed by atoms with Crippen molar-refractivity contribution in [3.63, 3.8) is 0 Å². The Morgan fingerprint density at radius 1 is 1.18 bits per heavy atom. The van der Waals surface area contributed by atoms with Crippen molar-refractivity contribution in [3.05, 3.63) is 18.5 Å². The number of aromatic nitrogens is 2. The summed E-state index contributed by atoms with van der Waals surface area (Å²) in [6.07, 6.45) is 11.7. The first-order valence-corrected chi connectivity index (χ1v) is 6.81. The molecule has 1 fully saturated rings. The Morgan fingerprint density at radius 2 is 1.82 bits per heavy atom. The lowest BCUT2D eigenvalue weighted by Gasteiger charge is -2.34. The fourth-order valence-corrected chi connectivity index (χ4v) is 2.87. The molecule has 0 aromatic carbocycles. The van der Waals surface area contributed by atoms with E-state index < -0.39 is 0 Å². The summed E-state index contributed by atoms with van der Waals surface area (Å²) in [5.74, 6) is 1.83. The zero-order valence-electron chi connectivity index (χ0n) is 11.0. The molecule has 0 amide bonds. The van der Waals surface area contributed by atoms with Gasteiger partial charge in [-0.25, -0.2) is 9.97 Å². The van der Waals surface area contributed by atoms with E-state index in [2.05, 4.69) is 28.8 Å². The average Bonchev–Trinajstić information content (AvgIpc) is 2.40. The van der Waals surface area contributed by atoms with Gasteiger partial charge in [-0.3, -0.25) is 0 Å². The Labute approximate surface area is 104 Å². The molecule has 1 aromatic heterocycles. The molecular formula is C14H23N3. The maximum absolute atomic E-state index is 4.32. The molecule has 1 aliphatic carbocycles. The molecule has 94 valence electrons. The minimum atomic E-state index is 0.630. The van der Waals surface area contributed by atoms with E-state index in [0.717, 1.165) is 11.9 Å². The van der Waals surface area contributed by atoms with E-state index in [-0.39, 0.29) is 0 Å². The standard InChI is InChI=1S/C14H23N3/c1-3-5-12-6-8-13(9-7-12)17(2)14-15-10-4-11-16-14/h4,10-13H,3,5-9H2,1-2H3. The Hall–Kier alpha value is -1.12. The maximum atomic E-state index is 4.32. The van der Waals surface area contributed by atoms with Crippen molar-refractivity contribution in [1.29, 1.82) is 0 Å². The van der Waals surface area contributed by atoms with Crippen molar-refractivity contribution in [3.8, 4) is 0 Å². The van der Waals surface area contributed by atoms with Crippen molar-refractivity contribution in [2.45, 2.75) is 51.5 Å². The van der Waals surface area contributed by atoms with Crippen LogP contribution in [0.15, 0.2) is 18.5 Å². The van der Waals surface area contributed by atoms with Crippen LogP contribution in [0.5, 0.6) is 0 Å². The number of rotatable bonds is 4. The molecule has 1 aromatic rings. The summed E-state index contributed by atoms with van der Waals surface area (Å²) in [5.41, 5.74) is 0. The summed E-state index contributed by atoms with van der Waals surface area (Å²) in [6.45, 7) is 2.29. The van der Waals surface area contributed by atoms with Gasteiger partial charge in [0.2, 0.25) is 5.95 Å². The molecule has 17 heavy (non-hydrogen) atoms. The van der Waals surface area contributed by atoms with Gasteiger partial charge in [-0.2, -0.15) is 0 Å². The highest BCUT2D eigenvalue weighted by atomic mass is 15.2. The van der Waals surface area contributed by atoms with Gasteiger partial charge in [-0.1, -0.05) is 19.8 Å². The van der Waals surface area contributed by atoms with Gasteiger partial charge < -0.3 is 4.90 Å². The number of hydrogen-bond acceptors (Lipinski definition) is 3. The summed E-state index contributed by atoms with van der Waals surface area (Å²) in [4.78, 5) is 10.9. The number of nitrogens with zero attached hydrogens (tertiary/aromatic N) is 3. The highest BCUT2D eigenvalue weighted by molar-refractivity contribution is 5.28. The van der Waals surface area contributed by atoms with Gasteiger partial charge in [0, 0.05) is 25.5 Å². The molecule has 1 heterocycles. The zero-order valence-corrected chi connectivity index (χ0v) is 11.0. The molecule has 0 aliphatic heterocycles. The molecule has 1 saturated carbocycles. The first-order valence-electron chi connectivity index (χ1n) is 6.81. The highest BCUT2D eigenvalue weighted by Gasteiger charge is 2.24. The van der Waals surface area contributed by atoms with Gasteiger partial charge in [0.1, 0.15) is 0 Å².